The molecule has 0 N–H and O–H groups in total. The highest BCUT2D eigenvalue weighted by Crippen LogP contribution is 2.25. The van der Waals surface area contributed by atoms with Crippen molar-refractivity contribution in [3.05, 3.63) is 60.7 Å². The third-order valence-corrected chi connectivity index (χ3v) is 5.19. The van der Waals surface area contributed by atoms with E-state index in [1.165, 1.54) is 18.5 Å². The third kappa shape index (κ3) is 3.24. The van der Waals surface area contributed by atoms with E-state index in [0.717, 1.165) is 54.8 Å². The molecule has 0 saturated carbocycles. The zero-order chi connectivity index (χ0) is 19.8. The van der Waals surface area contributed by atoms with Gasteiger partial charge in [0.2, 0.25) is 0 Å². The van der Waals surface area contributed by atoms with Crippen molar-refractivity contribution in [2.24, 2.45) is 0 Å². The van der Waals surface area contributed by atoms with E-state index in [-0.39, 0.29) is 5.82 Å². The van der Waals surface area contributed by atoms with Gasteiger partial charge >= 0.3 is 0 Å². The van der Waals surface area contributed by atoms with Gasteiger partial charge in [-0.05, 0) is 31.2 Å². The van der Waals surface area contributed by atoms with E-state index >= 15 is 0 Å². The molecule has 0 atom stereocenters. The fourth-order valence-corrected chi connectivity index (χ4v) is 3.65. The number of benzene rings is 1. The fourth-order valence-electron chi connectivity index (χ4n) is 3.65. The highest BCUT2D eigenvalue weighted by Gasteiger charge is 2.21. The Labute approximate surface area is 166 Å². The van der Waals surface area contributed by atoms with E-state index in [0.29, 0.717) is 5.52 Å². The Morgan fingerprint density at radius 2 is 1.62 bits per heavy atom. The predicted molar refractivity (Wildman–Crippen MR) is 108 cm³/mol. The number of hydrogen-bond acceptors (Lipinski definition) is 7. The highest BCUT2D eigenvalue weighted by atomic mass is 19.1. The summed E-state index contributed by atoms with van der Waals surface area (Å²) < 4.78 is 15.4. The molecule has 1 aliphatic rings. The molecule has 1 saturated heterocycles. The van der Waals surface area contributed by atoms with Gasteiger partial charge in [-0.15, -0.1) is 10.2 Å². The third-order valence-electron chi connectivity index (χ3n) is 5.19. The van der Waals surface area contributed by atoms with Gasteiger partial charge in [0.15, 0.2) is 11.6 Å². The molecule has 8 nitrogen and oxygen atoms in total. The zero-order valence-corrected chi connectivity index (χ0v) is 15.9. The first-order chi connectivity index (χ1) is 14.2. The van der Waals surface area contributed by atoms with Crippen molar-refractivity contribution >= 4 is 22.5 Å². The second kappa shape index (κ2) is 7.08. The Morgan fingerprint density at radius 1 is 0.862 bits per heavy atom. The van der Waals surface area contributed by atoms with E-state index in [1.807, 2.05) is 29.8 Å². The molecule has 0 amide bonds. The van der Waals surface area contributed by atoms with Crippen LogP contribution in [0.1, 0.15) is 5.82 Å². The van der Waals surface area contributed by atoms with Crippen molar-refractivity contribution < 1.29 is 4.39 Å². The SMILES string of the molecule is Cc1nccn1-c1ccc(N2CCN(c3ncnc4cc(F)ccc34)CC2)nn1. The Balaban J connectivity index is 1.31. The molecular formula is C20H19FN8. The van der Waals surface area contributed by atoms with Gasteiger partial charge in [-0.1, -0.05) is 0 Å². The summed E-state index contributed by atoms with van der Waals surface area (Å²) in [6.45, 7) is 5.09. The predicted octanol–water partition coefficient (Wildman–Crippen LogP) is 2.38. The van der Waals surface area contributed by atoms with Crippen molar-refractivity contribution in [2.45, 2.75) is 6.92 Å². The first-order valence-corrected chi connectivity index (χ1v) is 9.43. The van der Waals surface area contributed by atoms with Gasteiger partial charge in [-0.2, -0.15) is 0 Å². The summed E-state index contributed by atoms with van der Waals surface area (Å²) in [6.07, 6.45) is 5.11. The summed E-state index contributed by atoms with van der Waals surface area (Å²) in [5.74, 6) is 3.02. The number of fused-ring (bicyclic) bond motifs is 1. The van der Waals surface area contributed by atoms with Crippen LogP contribution < -0.4 is 9.80 Å². The number of imidazole rings is 1. The molecule has 0 spiro atoms. The minimum absolute atomic E-state index is 0.292. The van der Waals surface area contributed by atoms with Gasteiger partial charge in [0.1, 0.15) is 23.8 Å². The maximum Gasteiger partial charge on any atom is 0.160 e. The number of halogens is 1. The van der Waals surface area contributed by atoms with Crippen molar-refractivity contribution in [1.82, 2.24) is 29.7 Å². The molecule has 0 aliphatic carbocycles. The maximum atomic E-state index is 13.5. The minimum Gasteiger partial charge on any atom is -0.352 e. The molecule has 3 aromatic heterocycles. The topological polar surface area (TPSA) is 75.9 Å². The second-order valence-electron chi connectivity index (χ2n) is 6.93. The monoisotopic (exact) mass is 390 g/mol. The molecule has 1 aliphatic heterocycles. The maximum absolute atomic E-state index is 13.5. The molecular weight excluding hydrogens is 371 g/mol. The number of anilines is 2. The van der Waals surface area contributed by atoms with Crippen molar-refractivity contribution in [1.29, 1.82) is 0 Å². The minimum atomic E-state index is -0.292. The van der Waals surface area contributed by atoms with E-state index in [1.54, 1.807) is 12.3 Å². The van der Waals surface area contributed by atoms with Crippen molar-refractivity contribution in [3.63, 3.8) is 0 Å². The zero-order valence-electron chi connectivity index (χ0n) is 15.9. The summed E-state index contributed by atoms with van der Waals surface area (Å²) in [5.41, 5.74) is 0.619. The summed E-state index contributed by atoms with van der Waals surface area (Å²) in [6, 6.07) is 8.57. The molecule has 0 radical (unpaired) electrons. The first-order valence-electron chi connectivity index (χ1n) is 9.43. The summed E-state index contributed by atoms with van der Waals surface area (Å²) in [5, 5.41) is 9.61. The molecule has 29 heavy (non-hydrogen) atoms. The van der Waals surface area contributed by atoms with Gasteiger partial charge in [-0.25, -0.2) is 19.3 Å². The van der Waals surface area contributed by atoms with E-state index in [4.69, 9.17) is 0 Å². The second-order valence-corrected chi connectivity index (χ2v) is 6.93. The Hall–Kier alpha value is -3.62. The Bertz CT molecular complexity index is 1150. The van der Waals surface area contributed by atoms with Crippen molar-refractivity contribution in [3.8, 4) is 5.82 Å². The van der Waals surface area contributed by atoms with Crippen LogP contribution in [0.15, 0.2) is 49.1 Å². The molecule has 4 heterocycles. The lowest BCUT2D eigenvalue weighted by Gasteiger charge is -2.36. The van der Waals surface area contributed by atoms with Gasteiger partial charge in [0.05, 0.1) is 5.52 Å². The number of piperazine rings is 1. The van der Waals surface area contributed by atoms with Crippen LogP contribution in [-0.4, -0.2) is 55.9 Å². The summed E-state index contributed by atoms with van der Waals surface area (Å²) in [7, 11) is 0. The smallest absolute Gasteiger partial charge is 0.160 e. The summed E-state index contributed by atoms with van der Waals surface area (Å²) in [4.78, 5) is 17.3. The molecule has 146 valence electrons. The lowest BCUT2D eigenvalue weighted by Crippen LogP contribution is -2.47. The van der Waals surface area contributed by atoms with Gasteiger partial charge in [-0.3, -0.25) is 4.57 Å². The van der Waals surface area contributed by atoms with Crippen molar-refractivity contribution in [2.75, 3.05) is 36.0 Å². The fraction of sp³-hybridized carbons (Fsp3) is 0.250. The van der Waals surface area contributed by atoms with Gasteiger partial charge in [0.25, 0.3) is 0 Å². The summed E-state index contributed by atoms with van der Waals surface area (Å²) >= 11 is 0. The molecule has 0 bridgehead atoms. The molecule has 4 aromatic rings. The number of nitrogens with zero attached hydrogens (tertiary/aromatic N) is 8. The molecule has 1 aromatic carbocycles. The lowest BCUT2D eigenvalue weighted by atomic mass is 10.2. The van der Waals surface area contributed by atoms with Crippen LogP contribution in [0.3, 0.4) is 0 Å². The Morgan fingerprint density at radius 3 is 2.34 bits per heavy atom. The average molecular weight is 390 g/mol. The molecule has 9 heteroatoms. The van der Waals surface area contributed by atoms with E-state index in [2.05, 4.69) is 34.9 Å². The average Bonchev–Trinajstić information content (AvgIpc) is 3.19. The van der Waals surface area contributed by atoms with E-state index < -0.39 is 0 Å². The quantitative estimate of drug-likeness (QED) is 0.532. The van der Waals surface area contributed by atoms with Crippen LogP contribution in [0.4, 0.5) is 16.0 Å². The van der Waals surface area contributed by atoms with Gasteiger partial charge < -0.3 is 9.80 Å². The van der Waals surface area contributed by atoms with E-state index in [9.17, 15) is 4.39 Å². The highest BCUT2D eigenvalue weighted by molar-refractivity contribution is 5.89. The number of hydrogen-bond donors (Lipinski definition) is 0. The lowest BCUT2D eigenvalue weighted by molar-refractivity contribution is 0.628. The molecule has 0 unspecified atom stereocenters. The largest absolute Gasteiger partial charge is 0.352 e. The van der Waals surface area contributed by atoms with Crippen LogP contribution in [0.5, 0.6) is 0 Å². The van der Waals surface area contributed by atoms with Crippen LogP contribution in [0.25, 0.3) is 16.7 Å². The number of aryl methyl sites for hydroxylation is 1. The van der Waals surface area contributed by atoms with Crippen LogP contribution in [0, 0.1) is 12.7 Å². The standard InChI is InChI=1S/C20H19FN8/c1-14-22-6-7-29(14)19-5-4-18(25-26-19)27-8-10-28(11-9-27)20-16-3-2-15(21)12-17(16)23-13-24-20/h2-7,12-13H,8-11H2,1H3. The van der Waals surface area contributed by atoms with Crippen LogP contribution in [-0.2, 0) is 0 Å². The molecule has 5 rings (SSSR count). The molecule has 1 fully saturated rings. The number of rotatable bonds is 3. The van der Waals surface area contributed by atoms with Crippen LogP contribution >= 0.6 is 0 Å². The first kappa shape index (κ1) is 17.5. The van der Waals surface area contributed by atoms with Gasteiger partial charge in [0, 0.05) is 50.0 Å². The van der Waals surface area contributed by atoms with Crippen LogP contribution in [0.2, 0.25) is 0 Å². The Kier molecular flexibility index (Phi) is 4.27. The normalized spacial score (nSPS) is 14.6. The number of aromatic nitrogens is 6.